The molecule has 0 atom stereocenters. The van der Waals surface area contributed by atoms with Crippen LogP contribution in [0.2, 0.25) is 0 Å². The number of aromatic nitrogens is 3. The summed E-state index contributed by atoms with van der Waals surface area (Å²) in [5.74, 6) is 2.78. The molecule has 9 heteroatoms. The van der Waals surface area contributed by atoms with E-state index >= 15 is 0 Å². The fraction of sp³-hybridized carbons (Fsp3) is 0.0476. The molecule has 0 aliphatic rings. The lowest BCUT2D eigenvalue weighted by Gasteiger charge is -2.11. The van der Waals surface area contributed by atoms with Gasteiger partial charge in [0.2, 0.25) is 5.88 Å². The van der Waals surface area contributed by atoms with Crippen LogP contribution in [-0.4, -0.2) is 21.6 Å². The van der Waals surface area contributed by atoms with Crippen LogP contribution in [-0.2, 0) is 0 Å². The number of oxazole rings is 1. The minimum absolute atomic E-state index is 0.129. The SMILES string of the molecule is COc1ccc(-n2cnc(-c3nc(-c4ccco4)oc3N)c2Nc2ccco2)cc1. The summed E-state index contributed by atoms with van der Waals surface area (Å²) in [6, 6.07) is 14.6. The molecule has 0 bridgehead atoms. The highest BCUT2D eigenvalue weighted by atomic mass is 16.5. The van der Waals surface area contributed by atoms with Crippen LogP contribution in [0.15, 0.2) is 80.6 Å². The van der Waals surface area contributed by atoms with Crippen molar-refractivity contribution >= 4 is 17.6 Å². The monoisotopic (exact) mass is 403 g/mol. The third-order valence-electron chi connectivity index (χ3n) is 4.49. The zero-order chi connectivity index (χ0) is 20.5. The summed E-state index contributed by atoms with van der Waals surface area (Å²) in [7, 11) is 1.62. The fourth-order valence-electron chi connectivity index (χ4n) is 3.05. The molecule has 0 saturated heterocycles. The van der Waals surface area contributed by atoms with Crippen LogP contribution in [0.4, 0.5) is 17.6 Å². The molecule has 4 aromatic heterocycles. The first-order chi connectivity index (χ1) is 14.7. The van der Waals surface area contributed by atoms with E-state index in [-0.39, 0.29) is 11.8 Å². The first kappa shape index (κ1) is 17.7. The second kappa shape index (κ2) is 7.21. The van der Waals surface area contributed by atoms with E-state index in [2.05, 4.69) is 15.3 Å². The number of furan rings is 2. The first-order valence-corrected chi connectivity index (χ1v) is 9.06. The van der Waals surface area contributed by atoms with E-state index in [1.807, 2.05) is 28.8 Å². The van der Waals surface area contributed by atoms with Gasteiger partial charge in [-0.25, -0.2) is 9.97 Å². The van der Waals surface area contributed by atoms with E-state index in [1.54, 1.807) is 44.0 Å². The summed E-state index contributed by atoms with van der Waals surface area (Å²) in [6.07, 6.45) is 4.79. The molecule has 0 aliphatic carbocycles. The second-order valence-electron chi connectivity index (χ2n) is 6.32. The number of hydrogen-bond donors (Lipinski definition) is 2. The lowest BCUT2D eigenvalue weighted by molar-refractivity contribution is 0.415. The maximum absolute atomic E-state index is 6.12. The Morgan fingerprint density at radius 2 is 1.80 bits per heavy atom. The molecule has 0 fully saturated rings. The Bertz CT molecular complexity index is 1250. The molecule has 9 nitrogen and oxygen atoms in total. The highest BCUT2D eigenvalue weighted by Gasteiger charge is 2.23. The van der Waals surface area contributed by atoms with E-state index in [0.29, 0.717) is 28.9 Å². The maximum atomic E-state index is 6.12. The average molecular weight is 403 g/mol. The zero-order valence-electron chi connectivity index (χ0n) is 15.9. The highest BCUT2D eigenvalue weighted by molar-refractivity contribution is 5.80. The van der Waals surface area contributed by atoms with Crippen molar-refractivity contribution in [2.75, 3.05) is 18.2 Å². The van der Waals surface area contributed by atoms with Gasteiger partial charge in [-0.15, -0.1) is 0 Å². The summed E-state index contributed by atoms with van der Waals surface area (Å²) in [5, 5.41) is 3.24. The summed E-state index contributed by atoms with van der Waals surface area (Å²) in [6.45, 7) is 0. The Labute approximate surface area is 170 Å². The Hall–Kier alpha value is -4.40. The first-order valence-electron chi connectivity index (χ1n) is 9.06. The van der Waals surface area contributed by atoms with Crippen LogP contribution < -0.4 is 15.8 Å². The molecule has 4 heterocycles. The molecule has 0 amide bonds. The van der Waals surface area contributed by atoms with Crippen molar-refractivity contribution in [3.8, 4) is 34.5 Å². The van der Waals surface area contributed by atoms with Gasteiger partial charge in [0.1, 0.15) is 23.6 Å². The number of nitrogens with one attached hydrogen (secondary N) is 1. The van der Waals surface area contributed by atoms with Gasteiger partial charge in [-0.05, 0) is 42.5 Å². The van der Waals surface area contributed by atoms with E-state index < -0.39 is 0 Å². The van der Waals surface area contributed by atoms with Crippen molar-refractivity contribution in [3.63, 3.8) is 0 Å². The molecular formula is C21H17N5O4. The van der Waals surface area contributed by atoms with Crippen molar-refractivity contribution in [3.05, 3.63) is 67.4 Å². The van der Waals surface area contributed by atoms with Crippen molar-refractivity contribution < 1.29 is 18.0 Å². The minimum atomic E-state index is 0.129. The van der Waals surface area contributed by atoms with Crippen LogP contribution in [0.5, 0.6) is 5.75 Å². The Balaban J connectivity index is 1.62. The standard InChI is InChI=1S/C21H17N5O4/c1-27-14-8-6-13(7-9-14)26-12-23-18(20(26)24-16-5-3-11-29-16)17-19(22)30-21(25-17)15-4-2-10-28-15/h2-12,24H,22H2,1H3. The molecule has 0 spiro atoms. The second-order valence-corrected chi connectivity index (χ2v) is 6.32. The summed E-state index contributed by atoms with van der Waals surface area (Å²) in [5.41, 5.74) is 7.87. The smallest absolute Gasteiger partial charge is 0.265 e. The van der Waals surface area contributed by atoms with Crippen molar-refractivity contribution in [1.82, 2.24) is 14.5 Å². The van der Waals surface area contributed by atoms with E-state index in [0.717, 1.165) is 11.4 Å². The van der Waals surface area contributed by atoms with Crippen LogP contribution in [0.25, 0.3) is 28.7 Å². The van der Waals surface area contributed by atoms with E-state index in [1.165, 1.54) is 6.26 Å². The largest absolute Gasteiger partial charge is 0.497 e. The van der Waals surface area contributed by atoms with Crippen molar-refractivity contribution in [1.29, 1.82) is 0 Å². The number of rotatable bonds is 6. The Kier molecular flexibility index (Phi) is 4.25. The van der Waals surface area contributed by atoms with Crippen molar-refractivity contribution in [2.45, 2.75) is 0 Å². The summed E-state index contributed by atoms with van der Waals surface area (Å²) >= 11 is 0. The third-order valence-corrected chi connectivity index (χ3v) is 4.49. The molecular weight excluding hydrogens is 386 g/mol. The normalized spacial score (nSPS) is 11.0. The molecule has 150 valence electrons. The number of hydrogen-bond acceptors (Lipinski definition) is 8. The zero-order valence-corrected chi connectivity index (χ0v) is 15.9. The summed E-state index contributed by atoms with van der Waals surface area (Å²) in [4.78, 5) is 9.03. The highest BCUT2D eigenvalue weighted by Crippen LogP contribution is 2.36. The number of nitrogens with zero attached hydrogens (tertiary/aromatic N) is 3. The number of benzene rings is 1. The van der Waals surface area contributed by atoms with Gasteiger partial charge >= 0.3 is 0 Å². The molecule has 0 saturated carbocycles. The molecule has 5 rings (SSSR count). The lowest BCUT2D eigenvalue weighted by atomic mass is 10.2. The maximum Gasteiger partial charge on any atom is 0.265 e. The Morgan fingerprint density at radius 3 is 2.50 bits per heavy atom. The molecule has 0 unspecified atom stereocenters. The number of nitrogen functional groups attached to an aromatic ring is 1. The van der Waals surface area contributed by atoms with Gasteiger partial charge in [-0.1, -0.05) is 0 Å². The van der Waals surface area contributed by atoms with Crippen LogP contribution in [0, 0.1) is 0 Å². The van der Waals surface area contributed by atoms with Gasteiger partial charge in [-0.2, -0.15) is 0 Å². The minimum Gasteiger partial charge on any atom is -0.497 e. The average Bonchev–Trinajstić information content (AvgIpc) is 3.56. The number of methoxy groups -OCH3 is 1. The topological polar surface area (TPSA) is 117 Å². The molecule has 5 aromatic rings. The Morgan fingerprint density at radius 1 is 1.00 bits per heavy atom. The van der Waals surface area contributed by atoms with Crippen molar-refractivity contribution in [2.24, 2.45) is 0 Å². The van der Waals surface area contributed by atoms with Gasteiger partial charge in [0, 0.05) is 11.8 Å². The van der Waals surface area contributed by atoms with Crippen LogP contribution in [0.3, 0.4) is 0 Å². The predicted octanol–water partition coefficient (Wildman–Crippen LogP) is 4.71. The third kappa shape index (κ3) is 3.08. The number of ether oxygens (including phenoxy) is 1. The van der Waals surface area contributed by atoms with Gasteiger partial charge in [0.15, 0.2) is 17.3 Å². The number of nitrogens with two attached hydrogens (primary N) is 1. The van der Waals surface area contributed by atoms with E-state index in [9.17, 15) is 0 Å². The van der Waals surface area contributed by atoms with E-state index in [4.69, 9.17) is 23.7 Å². The quantitative estimate of drug-likeness (QED) is 0.418. The molecule has 30 heavy (non-hydrogen) atoms. The van der Waals surface area contributed by atoms with Gasteiger partial charge < -0.3 is 29.0 Å². The lowest BCUT2D eigenvalue weighted by Crippen LogP contribution is -2.01. The predicted molar refractivity (Wildman–Crippen MR) is 110 cm³/mol. The molecule has 0 aliphatic heterocycles. The van der Waals surface area contributed by atoms with Gasteiger partial charge in [0.25, 0.3) is 5.89 Å². The molecule has 3 N–H and O–H groups in total. The fourth-order valence-corrected chi connectivity index (χ4v) is 3.05. The van der Waals surface area contributed by atoms with Gasteiger partial charge in [0.05, 0.1) is 19.6 Å². The van der Waals surface area contributed by atoms with Gasteiger partial charge in [-0.3, -0.25) is 4.57 Å². The number of anilines is 3. The summed E-state index contributed by atoms with van der Waals surface area (Å²) < 4.78 is 23.5. The number of imidazole rings is 1. The van der Waals surface area contributed by atoms with Crippen LogP contribution >= 0.6 is 0 Å². The van der Waals surface area contributed by atoms with Crippen LogP contribution in [0.1, 0.15) is 0 Å². The molecule has 0 radical (unpaired) electrons. The molecule has 1 aromatic carbocycles.